The summed E-state index contributed by atoms with van der Waals surface area (Å²) in [5, 5.41) is 2.90. The van der Waals surface area contributed by atoms with Crippen molar-refractivity contribution in [2.24, 2.45) is 0 Å². The van der Waals surface area contributed by atoms with Crippen LogP contribution in [-0.4, -0.2) is 77.5 Å². The molecule has 198 valence electrons. The van der Waals surface area contributed by atoms with Crippen molar-refractivity contribution in [3.05, 3.63) is 53.1 Å². The minimum absolute atomic E-state index is 0.0862. The summed E-state index contributed by atoms with van der Waals surface area (Å²) in [6.45, 7) is 6.10. The fourth-order valence-electron chi connectivity index (χ4n) is 4.72. The number of aryl methyl sites for hydroxylation is 2. The van der Waals surface area contributed by atoms with Crippen LogP contribution < -0.4 is 15.0 Å². The lowest BCUT2D eigenvalue weighted by molar-refractivity contribution is -0.121. The molecule has 2 aromatic carbocycles. The van der Waals surface area contributed by atoms with Crippen molar-refractivity contribution in [3.8, 4) is 5.75 Å². The summed E-state index contributed by atoms with van der Waals surface area (Å²) in [4.78, 5) is 17.4. The third-order valence-electron chi connectivity index (χ3n) is 6.98. The number of rotatable bonds is 10. The maximum Gasteiger partial charge on any atom is 0.243 e. The van der Waals surface area contributed by atoms with Crippen LogP contribution in [0.15, 0.2) is 41.3 Å². The van der Waals surface area contributed by atoms with Crippen LogP contribution in [0.4, 0.5) is 5.69 Å². The summed E-state index contributed by atoms with van der Waals surface area (Å²) in [7, 11) is 3.62. The van der Waals surface area contributed by atoms with E-state index in [1.807, 2.05) is 12.1 Å². The van der Waals surface area contributed by atoms with Gasteiger partial charge in [0.2, 0.25) is 15.9 Å². The van der Waals surface area contributed by atoms with Gasteiger partial charge in [0.25, 0.3) is 0 Å². The van der Waals surface area contributed by atoms with Crippen molar-refractivity contribution in [1.82, 2.24) is 14.5 Å². The van der Waals surface area contributed by atoms with Gasteiger partial charge in [0.05, 0.1) is 12.0 Å². The van der Waals surface area contributed by atoms with Gasteiger partial charge in [0.15, 0.2) is 0 Å². The molecule has 9 heteroatoms. The predicted molar refractivity (Wildman–Crippen MR) is 144 cm³/mol. The number of hydrogen-bond donors (Lipinski definition) is 1. The molecule has 0 aliphatic carbocycles. The SMILES string of the molecule is COc1cc(C)c(S(=O)(=O)N(C)CCC(=O)NCc2ccc(N3CCC(N(C)C)CC3)cc2)c(C)c1. The zero-order valence-corrected chi connectivity index (χ0v) is 23.2. The summed E-state index contributed by atoms with van der Waals surface area (Å²) < 4.78 is 32.7. The minimum Gasteiger partial charge on any atom is -0.497 e. The van der Waals surface area contributed by atoms with Gasteiger partial charge in [-0.15, -0.1) is 0 Å². The van der Waals surface area contributed by atoms with Crippen LogP contribution in [0.25, 0.3) is 0 Å². The number of sulfonamides is 1. The maximum absolute atomic E-state index is 13.1. The summed E-state index contributed by atoms with van der Waals surface area (Å²) in [5.41, 5.74) is 3.46. The van der Waals surface area contributed by atoms with Crippen LogP contribution in [0.3, 0.4) is 0 Å². The Hall–Kier alpha value is -2.62. The van der Waals surface area contributed by atoms with E-state index in [4.69, 9.17) is 4.74 Å². The summed E-state index contributed by atoms with van der Waals surface area (Å²) in [5.74, 6) is 0.433. The first-order valence-corrected chi connectivity index (χ1v) is 13.9. The van der Waals surface area contributed by atoms with Crippen LogP contribution >= 0.6 is 0 Å². The van der Waals surface area contributed by atoms with Gasteiger partial charge in [-0.05, 0) is 81.7 Å². The zero-order chi connectivity index (χ0) is 26.5. The molecule has 3 rings (SSSR count). The molecule has 8 nitrogen and oxygen atoms in total. The molecule has 1 aliphatic rings. The second-order valence-corrected chi connectivity index (χ2v) is 11.8. The molecule has 1 fully saturated rings. The first-order valence-electron chi connectivity index (χ1n) is 12.4. The van der Waals surface area contributed by atoms with Gasteiger partial charge < -0.3 is 19.9 Å². The lowest BCUT2D eigenvalue weighted by Gasteiger charge is -2.36. The highest BCUT2D eigenvalue weighted by molar-refractivity contribution is 7.89. The molecule has 36 heavy (non-hydrogen) atoms. The third kappa shape index (κ3) is 6.78. The van der Waals surface area contributed by atoms with Crippen molar-refractivity contribution in [2.45, 2.75) is 50.6 Å². The van der Waals surface area contributed by atoms with Gasteiger partial charge in [0.1, 0.15) is 5.75 Å². The van der Waals surface area contributed by atoms with E-state index in [1.54, 1.807) is 33.1 Å². The van der Waals surface area contributed by atoms with E-state index >= 15 is 0 Å². The average Bonchev–Trinajstić information content (AvgIpc) is 2.85. The lowest BCUT2D eigenvalue weighted by atomic mass is 10.0. The van der Waals surface area contributed by atoms with Crippen molar-refractivity contribution >= 4 is 21.6 Å². The number of hydrogen-bond acceptors (Lipinski definition) is 6. The molecular formula is C27H40N4O4S. The Kier molecular flexibility index (Phi) is 9.38. The van der Waals surface area contributed by atoms with E-state index in [9.17, 15) is 13.2 Å². The molecule has 1 aliphatic heterocycles. The van der Waals surface area contributed by atoms with E-state index in [-0.39, 0.29) is 23.8 Å². The number of amides is 1. The van der Waals surface area contributed by atoms with Crippen molar-refractivity contribution < 1.29 is 17.9 Å². The zero-order valence-electron chi connectivity index (χ0n) is 22.4. The molecule has 1 amide bonds. The Balaban J connectivity index is 1.49. The van der Waals surface area contributed by atoms with Crippen LogP contribution in [0.5, 0.6) is 5.75 Å². The highest BCUT2D eigenvalue weighted by Gasteiger charge is 2.26. The molecular weight excluding hydrogens is 476 g/mol. The summed E-state index contributed by atoms with van der Waals surface area (Å²) in [6, 6.07) is 12.4. The molecule has 0 saturated carbocycles. The normalized spacial score (nSPS) is 14.9. The highest BCUT2D eigenvalue weighted by atomic mass is 32.2. The highest BCUT2D eigenvalue weighted by Crippen LogP contribution is 2.28. The molecule has 1 heterocycles. The molecule has 2 aromatic rings. The number of ether oxygens (including phenoxy) is 1. The van der Waals surface area contributed by atoms with Gasteiger partial charge in [-0.25, -0.2) is 12.7 Å². The van der Waals surface area contributed by atoms with E-state index in [1.165, 1.54) is 17.0 Å². The number of carbonyl (C=O) groups is 1. The van der Waals surface area contributed by atoms with Crippen molar-refractivity contribution in [2.75, 3.05) is 52.8 Å². The third-order valence-corrected chi connectivity index (χ3v) is 9.14. The smallest absolute Gasteiger partial charge is 0.243 e. The van der Waals surface area contributed by atoms with Gasteiger partial charge in [-0.1, -0.05) is 12.1 Å². The molecule has 0 atom stereocenters. The predicted octanol–water partition coefficient (Wildman–Crippen LogP) is 3.17. The number of nitrogens with zero attached hydrogens (tertiary/aromatic N) is 3. The van der Waals surface area contributed by atoms with Crippen LogP contribution in [-0.2, 0) is 21.4 Å². The van der Waals surface area contributed by atoms with Crippen LogP contribution in [0.2, 0.25) is 0 Å². The van der Waals surface area contributed by atoms with Gasteiger partial charge in [-0.3, -0.25) is 4.79 Å². The summed E-state index contributed by atoms with van der Waals surface area (Å²) >= 11 is 0. The Morgan fingerprint density at radius 3 is 2.17 bits per heavy atom. The fourth-order valence-corrected chi connectivity index (χ4v) is 6.30. The molecule has 1 saturated heterocycles. The standard InChI is InChI=1S/C27H40N4O4S/c1-20-17-25(35-6)18-21(2)27(20)36(33,34)30(5)14-13-26(32)28-19-22-7-9-24(10-8-22)31-15-11-23(12-16-31)29(3)4/h7-10,17-18,23H,11-16,19H2,1-6H3,(H,28,32). The number of anilines is 1. The minimum atomic E-state index is -3.72. The number of piperidine rings is 1. The van der Waals surface area contributed by atoms with E-state index in [0.717, 1.165) is 31.5 Å². The Labute approximate surface area is 216 Å². The first-order chi connectivity index (χ1) is 17.0. The summed E-state index contributed by atoms with van der Waals surface area (Å²) in [6.07, 6.45) is 2.40. The number of carbonyl (C=O) groups excluding carboxylic acids is 1. The topological polar surface area (TPSA) is 82.2 Å². The number of methoxy groups -OCH3 is 1. The quantitative estimate of drug-likeness (QED) is 0.522. The van der Waals surface area contributed by atoms with E-state index in [2.05, 4.69) is 41.3 Å². The molecule has 0 radical (unpaired) electrons. The van der Waals surface area contributed by atoms with E-state index < -0.39 is 10.0 Å². The van der Waals surface area contributed by atoms with E-state index in [0.29, 0.717) is 29.5 Å². The molecule has 1 N–H and O–H groups in total. The van der Waals surface area contributed by atoms with Crippen LogP contribution in [0.1, 0.15) is 36.0 Å². The number of benzene rings is 2. The largest absolute Gasteiger partial charge is 0.497 e. The second kappa shape index (κ2) is 12.1. The van der Waals surface area contributed by atoms with Gasteiger partial charge in [0, 0.05) is 51.4 Å². The number of nitrogens with one attached hydrogen (secondary N) is 1. The first kappa shape index (κ1) is 28.0. The maximum atomic E-state index is 13.1. The molecule has 0 spiro atoms. The lowest BCUT2D eigenvalue weighted by Crippen LogP contribution is -2.41. The van der Waals surface area contributed by atoms with Crippen molar-refractivity contribution in [3.63, 3.8) is 0 Å². The Morgan fingerprint density at radius 2 is 1.64 bits per heavy atom. The Bertz CT molecular complexity index is 1120. The monoisotopic (exact) mass is 516 g/mol. The molecule has 0 bridgehead atoms. The van der Waals surface area contributed by atoms with Gasteiger partial charge >= 0.3 is 0 Å². The molecule has 0 aromatic heterocycles. The fraction of sp³-hybridized carbons (Fsp3) is 0.519. The average molecular weight is 517 g/mol. The second-order valence-electron chi connectivity index (χ2n) is 9.79. The Morgan fingerprint density at radius 1 is 1.06 bits per heavy atom. The molecule has 0 unspecified atom stereocenters. The van der Waals surface area contributed by atoms with Gasteiger partial charge in [-0.2, -0.15) is 0 Å². The van der Waals surface area contributed by atoms with Crippen molar-refractivity contribution in [1.29, 1.82) is 0 Å². The van der Waals surface area contributed by atoms with Crippen LogP contribution in [0, 0.1) is 13.8 Å².